The van der Waals surface area contributed by atoms with Crippen LogP contribution in [0.4, 0.5) is 13.2 Å². The second-order valence-electron chi connectivity index (χ2n) is 5.71. The predicted molar refractivity (Wildman–Crippen MR) is 98.0 cm³/mol. The summed E-state index contributed by atoms with van der Waals surface area (Å²) in [6.45, 7) is 4.00. The SMILES string of the molecule is Cc1cccc(SCc2sc(-c3ccc(C(F)(F)F)cc3)nc2C)c1. The van der Waals surface area contributed by atoms with Crippen molar-refractivity contribution < 1.29 is 13.2 Å². The molecule has 0 unspecified atom stereocenters. The lowest BCUT2D eigenvalue weighted by atomic mass is 10.1. The van der Waals surface area contributed by atoms with Crippen molar-refractivity contribution in [2.24, 2.45) is 0 Å². The van der Waals surface area contributed by atoms with Gasteiger partial charge in [-0.1, -0.05) is 29.8 Å². The maximum Gasteiger partial charge on any atom is 0.416 e. The predicted octanol–water partition coefficient (Wildman–Crippen LogP) is 6.74. The zero-order valence-electron chi connectivity index (χ0n) is 13.7. The lowest BCUT2D eigenvalue weighted by Gasteiger charge is -2.06. The second-order valence-corrected chi connectivity index (χ2v) is 7.84. The van der Waals surface area contributed by atoms with Gasteiger partial charge in [-0.15, -0.1) is 23.1 Å². The average Bonchev–Trinajstić information content (AvgIpc) is 2.93. The number of halogens is 3. The summed E-state index contributed by atoms with van der Waals surface area (Å²) in [4.78, 5) is 6.86. The number of nitrogens with zero attached hydrogens (tertiary/aromatic N) is 1. The molecule has 0 fully saturated rings. The molecule has 0 bridgehead atoms. The van der Waals surface area contributed by atoms with Gasteiger partial charge in [0.15, 0.2) is 0 Å². The summed E-state index contributed by atoms with van der Waals surface area (Å²) in [6, 6.07) is 13.5. The Morgan fingerprint density at radius 2 is 1.76 bits per heavy atom. The number of alkyl halides is 3. The Balaban J connectivity index is 1.76. The minimum Gasteiger partial charge on any atom is -0.241 e. The van der Waals surface area contributed by atoms with Crippen LogP contribution in [-0.4, -0.2) is 4.98 Å². The first-order valence-electron chi connectivity index (χ1n) is 7.66. The molecule has 1 aromatic heterocycles. The molecule has 0 aliphatic heterocycles. The number of benzene rings is 2. The van der Waals surface area contributed by atoms with E-state index in [9.17, 15) is 13.2 Å². The topological polar surface area (TPSA) is 12.9 Å². The van der Waals surface area contributed by atoms with Crippen molar-refractivity contribution >= 4 is 23.1 Å². The summed E-state index contributed by atoms with van der Waals surface area (Å²) < 4.78 is 38.0. The van der Waals surface area contributed by atoms with E-state index in [1.165, 1.54) is 33.9 Å². The third-order valence-corrected chi connectivity index (χ3v) is 6.12. The van der Waals surface area contributed by atoms with Crippen molar-refractivity contribution in [2.45, 2.75) is 30.7 Å². The minimum atomic E-state index is -4.31. The molecule has 0 atom stereocenters. The molecule has 0 N–H and O–H groups in total. The molecule has 0 aliphatic carbocycles. The Kier molecular flexibility index (Phi) is 5.20. The first kappa shape index (κ1) is 18.0. The molecule has 25 heavy (non-hydrogen) atoms. The molecule has 0 saturated heterocycles. The molecule has 0 spiro atoms. The number of thiazole rings is 1. The molecule has 0 amide bonds. The van der Waals surface area contributed by atoms with Crippen LogP contribution in [-0.2, 0) is 11.9 Å². The van der Waals surface area contributed by atoms with Gasteiger partial charge in [0, 0.05) is 21.1 Å². The zero-order chi connectivity index (χ0) is 18.0. The van der Waals surface area contributed by atoms with Crippen molar-refractivity contribution in [3.63, 3.8) is 0 Å². The highest BCUT2D eigenvalue weighted by Crippen LogP contribution is 2.35. The smallest absolute Gasteiger partial charge is 0.241 e. The molecule has 6 heteroatoms. The maximum atomic E-state index is 12.7. The van der Waals surface area contributed by atoms with E-state index in [1.54, 1.807) is 11.8 Å². The molecular weight excluding hydrogens is 363 g/mol. The number of thioether (sulfide) groups is 1. The Morgan fingerprint density at radius 3 is 2.40 bits per heavy atom. The molecule has 0 saturated carbocycles. The van der Waals surface area contributed by atoms with E-state index in [4.69, 9.17) is 0 Å². The third kappa shape index (κ3) is 4.44. The fourth-order valence-corrected chi connectivity index (χ4v) is 4.57. The van der Waals surface area contributed by atoms with Crippen LogP contribution in [0.5, 0.6) is 0 Å². The molecular formula is C19H16F3NS2. The maximum absolute atomic E-state index is 12.7. The van der Waals surface area contributed by atoms with Crippen LogP contribution in [0.2, 0.25) is 0 Å². The van der Waals surface area contributed by atoms with Crippen LogP contribution < -0.4 is 0 Å². The van der Waals surface area contributed by atoms with Gasteiger partial charge < -0.3 is 0 Å². The van der Waals surface area contributed by atoms with Crippen molar-refractivity contribution in [1.82, 2.24) is 4.98 Å². The number of aryl methyl sites for hydroxylation is 2. The van der Waals surface area contributed by atoms with Gasteiger partial charge in [-0.25, -0.2) is 4.98 Å². The quantitative estimate of drug-likeness (QED) is 0.466. The standard InChI is InChI=1S/C19H16F3NS2/c1-12-4-3-5-16(10-12)24-11-17-13(2)23-18(25-17)14-6-8-15(9-7-14)19(20,21)22/h3-10H,11H2,1-2H3. The van der Waals surface area contributed by atoms with E-state index in [0.29, 0.717) is 5.56 Å². The van der Waals surface area contributed by atoms with E-state index in [-0.39, 0.29) is 0 Å². The highest BCUT2D eigenvalue weighted by Gasteiger charge is 2.30. The Labute approximate surface area is 152 Å². The molecule has 3 aromatic rings. The van der Waals surface area contributed by atoms with Crippen LogP contribution in [0.1, 0.15) is 21.7 Å². The largest absolute Gasteiger partial charge is 0.416 e. The summed E-state index contributed by atoms with van der Waals surface area (Å²) in [6.07, 6.45) is -4.31. The number of hydrogen-bond acceptors (Lipinski definition) is 3. The molecule has 2 aromatic carbocycles. The van der Waals surface area contributed by atoms with Gasteiger partial charge in [-0.2, -0.15) is 13.2 Å². The van der Waals surface area contributed by atoms with Crippen LogP contribution in [0.3, 0.4) is 0 Å². The molecule has 3 rings (SSSR count). The van der Waals surface area contributed by atoms with Gasteiger partial charge in [-0.3, -0.25) is 0 Å². The first-order valence-corrected chi connectivity index (χ1v) is 9.46. The van der Waals surface area contributed by atoms with E-state index < -0.39 is 11.7 Å². The molecule has 1 heterocycles. The molecule has 1 nitrogen and oxygen atoms in total. The summed E-state index contributed by atoms with van der Waals surface area (Å²) in [5, 5.41) is 0.756. The van der Waals surface area contributed by atoms with E-state index in [1.807, 2.05) is 13.0 Å². The molecule has 130 valence electrons. The fraction of sp³-hybridized carbons (Fsp3) is 0.211. The van der Waals surface area contributed by atoms with Crippen molar-refractivity contribution in [3.05, 3.63) is 70.2 Å². The monoisotopic (exact) mass is 379 g/mol. The van der Waals surface area contributed by atoms with Crippen LogP contribution in [0, 0.1) is 13.8 Å². The Hall–Kier alpha value is -1.79. The van der Waals surface area contributed by atoms with E-state index >= 15 is 0 Å². The third-order valence-electron chi connectivity index (χ3n) is 3.71. The summed E-state index contributed by atoms with van der Waals surface area (Å²) >= 11 is 3.27. The van der Waals surface area contributed by atoms with Crippen molar-refractivity contribution in [1.29, 1.82) is 0 Å². The highest BCUT2D eigenvalue weighted by atomic mass is 32.2. The molecule has 0 aliphatic rings. The number of aromatic nitrogens is 1. The van der Waals surface area contributed by atoms with Gasteiger partial charge in [0.05, 0.1) is 11.3 Å². The summed E-state index contributed by atoms with van der Waals surface area (Å²) in [5.41, 5.74) is 2.23. The van der Waals surface area contributed by atoms with Crippen LogP contribution in [0.25, 0.3) is 10.6 Å². The van der Waals surface area contributed by atoms with Gasteiger partial charge in [-0.05, 0) is 38.1 Å². The van der Waals surface area contributed by atoms with Crippen molar-refractivity contribution in [3.8, 4) is 10.6 Å². The first-order chi connectivity index (χ1) is 11.8. The van der Waals surface area contributed by atoms with Crippen LogP contribution in [0.15, 0.2) is 53.4 Å². The normalized spacial score (nSPS) is 11.7. The highest BCUT2D eigenvalue weighted by molar-refractivity contribution is 7.98. The Morgan fingerprint density at radius 1 is 1.04 bits per heavy atom. The summed E-state index contributed by atoms with van der Waals surface area (Å²) in [7, 11) is 0. The number of rotatable bonds is 4. The molecule has 0 radical (unpaired) electrons. The lowest BCUT2D eigenvalue weighted by molar-refractivity contribution is -0.137. The van der Waals surface area contributed by atoms with Gasteiger partial charge in [0.25, 0.3) is 0 Å². The van der Waals surface area contributed by atoms with E-state index in [0.717, 1.165) is 33.5 Å². The Bertz CT molecular complexity index is 867. The van der Waals surface area contributed by atoms with Crippen LogP contribution >= 0.6 is 23.1 Å². The minimum absolute atomic E-state index is 0.639. The second kappa shape index (κ2) is 7.22. The van der Waals surface area contributed by atoms with E-state index in [2.05, 4.69) is 30.1 Å². The number of hydrogen-bond donors (Lipinski definition) is 0. The van der Waals surface area contributed by atoms with Gasteiger partial charge >= 0.3 is 6.18 Å². The average molecular weight is 379 g/mol. The van der Waals surface area contributed by atoms with Gasteiger partial charge in [0.1, 0.15) is 5.01 Å². The lowest BCUT2D eigenvalue weighted by Crippen LogP contribution is -2.03. The fourth-order valence-electron chi connectivity index (χ4n) is 2.34. The van der Waals surface area contributed by atoms with Crippen molar-refractivity contribution in [2.75, 3.05) is 0 Å². The van der Waals surface area contributed by atoms with Gasteiger partial charge in [0.2, 0.25) is 0 Å². The zero-order valence-corrected chi connectivity index (χ0v) is 15.4. The summed E-state index contributed by atoms with van der Waals surface area (Å²) in [5.74, 6) is 0.799.